The van der Waals surface area contributed by atoms with Crippen LogP contribution >= 0.6 is 0 Å². The lowest BCUT2D eigenvalue weighted by Gasteiger charge is -2.23. The minimum absolute atomic E-state index is 0.163. The second-order valence-electron chi connectivity index (χ2n) is 6.80. The number of hydrogen-bond donors (Lipinski definition) is 1. The maximum absolute atomic E-state index is 12.1. The molecule has 1 rings (SSSR count). The number of hydrogen-bond acceptors (Lipinski definition) is 4. The van der Waals surface area contributed by atoms with E-state index in [9.17, 15) is 4.21 Å². The zero-order chi connectivity index (χ0) is 17.3. The summed E-state index contributed by atoms with van der Waals surface area (Å²) in [7, 11) is 2.64. The minimum atomic E-state index is -0.839. The summed E-state index contributed by atoms with van der Waals surface area (Å²) >= 11 is 0. The molecule has 1 saturated heterocycles. The molecule has 0 aromatic carbocycles. The number of nitrogens with one attached hydrogen (secondary N) is 1. The van der Waals surface area contributed by atoms with Gasteiger partial charge in [-0.15, -0.1) is 0 Å². The van der Waals surface area contributed by atoms with Crippen molar-refractivity contribution < 1.29 is 13.7 Å². The first-order valence-corrected chi connectivity index (χ1v) is 9.61. The van der Waals surface area contributed by atoms with Crippen LogP contribution in [0.5, 0.6) is 0 Å². The maximum atomic E-state index is 12.1. The van der Waals surface area contributed by atoms with Crippen molar-refractivity contribution in [2.45, 2.75) is 31.9 Å². The molecule has 0 amide bonds. The van der Waals surface area contributed by atoms with Gasteiger partial charge in [0.1, 0.15) is 0 Å². The SMILES string of the molecule is CN=C(NCCS(=O)C(C)(C)C)N1CCC(COCCOC)C1. The number of likely N-dealkylation sites (tertiary alicyclic amines) is 1. The first-order chi connectivity index (χ1) is 10.9. The predicted octanol–water partition coefficient (Wildman–Crippen LogP) is 1.09. The van der Waals surface area contributed by atoms with E-state index in [1.807, 2.05) is 20.8 Å². The molecule has 0 aliphatic carbocycles. The summed E-state index contributed by atoms with van der Waals surface area (Å²) in [6.07, 6.45) is 1.11. The van der Waals surface area contributed by atoms with Gasteiger partial charge in [-0.3, -0.25) is 9.20 Å². The third kappa shape index (κ3) is 7.63. The monoisotopic (exact) mass is 347 g/mol. The second kappa shape index (κ2) is 10.3. The summed E-state index contributed by atoms with van der Waals surface area (Å²) in [5.74, 6) is 2.07. The molecule has 0 aromatic heterocycles. The van der Waals surface area contributed by atoms with Gasteiger partial charge in [0.2, 0.25) is 0 Å². The Morgan fingerprint density at radius 3 is 2.74 bits per heavy atom. The van der Waals surface area contributed by atoms with Crippen LogP contribution in [-0.4, -0.2) is 79.2 Å². The number of rotatable bonds is 8. The van der Waals surface area contributed by atoms with E-state index in [1.165, 1.54) is 0 Å². The van der Waals surface area contributed by atoms with E-state index in [4.69, 9.17) is 9.47 Å². The number of methoxy groups -OCH3 is 1. The van der Waals surface area contributed by atoms with Crippen molar-refractivity contribution in [3.63, 3.8) is 0 Å². The Morgan fingerprint density at radius 2 is 2.13 bits per heavy atom. The highest BCUT2D eigenvalue weighted by Crippen LogP contribution is 2.16. The van der Waals surface area contributed by atoms with Crippen LogP contribution in [0.3, 0.4) is 0 Å². The Bertz CT molecular complexity index is 397. The molecule has 136 valence electrons. The maximum Gasteiger partial charge on any atom is 0.193 e. The smallest absolute Gasteiger partial charge is 0.193 e. The van der Waals surface area contributed by atoms with Crippen LogP contribution in [0.25, 0.3) is 0 Å². The Morgan fingerprint density at radius 1 is 1.39 bits per heavy atom. The highest BCUT2D eigenvalue weighted by molar-refractivity contribution is 7.86. The molecule has 2 unspecified atom stereocenters. The van der Waals surface area contributed by atoms with Crippen molar-refractivity contribution in [2.24, 2.45) is 10.9 Å². The molecule has 2 atom stereocenters. The zero-order valence-electron chi connectivity index (χ0n) is 15.3. The number of nitrogens with zero attached hydrogens (tertiary/aromatic N) is 2. The normalized spacial score (nSPS) is 20.8. The van der Waals surface area contributed by atoms with Crippen LogP contribution in [0.15, 0.2) is 4.99 Å². The Labute approximate surface area is 143 Å². The van der Waals surface area contributed by atoms with Crippen LogP contribution in [0.1, 0.15) is 27.2 Å². The quantitative estimate of drug-likeness (QED) is 0.405. The first-order valence-electron chi connectivity index (χ1n) is 8.29. The lowest BCUT2D eigenvalue weighted by atomic mass is 10.1. The standard InChI is InChI=1S/C16H33N3O3S/c1-16(2,3)23(20)11-7-18-15(17-4)19-8-6-14(12-19)13-22-10-9-21-5/h14H,6-13H2,1-5H3,(H,17,18). The van der Waals surface area contributed by atoms with Crippen LogP contribution < -0.4 is 5.32 Å². The number of guanidine groups is 1. The van der Waals surface area contributed by atoms with Crippen molar-refractivity contribution in [3.05, 3.63) is 0 Å². The molecule has 0 spiro atoms. The summed E-state index contributed by atoms with van der Waals surface area (Å²) in [6, 6.07) is 0. The largest absolute Gasteiger partial charge is 0.382 e. The van der Waals surface area contributed by atoms with Gasteiger partial charge in [-0.25, -0.2) is 0 Å². The zero-order valence-corrected chi connectivity index (χ0v) is 16.1. The van der Waals surface area contributed by atoms with Crippen LogP contribution in [-0.2, 0) is 20.3 Å². The summed E-state index contributed by atoms with van der Waals surface area (Å²) in [4.78, 5) is 6.60. The summed E-state index contributed by atoms with van der Waals surface area (Å²) in [5.41, 5.74) is 0. The van der Waals surface area contributed by atoms with Crippen molar-refractivity contribution in [2.75, 3.05) is 59.4 Å². The molecule has 6 nitrogen and oxygen atoms in total. The van der Waals surface area contributed by atoms with E-state index in [0.717, 1.165) is 32.1 Å². The third-order valence-electron chi connectivity index (χ3n) is 3.84. The van der Waals surface area contributed by atoms with Gasteiger partial charge in [-0.1, -0.05) is 0 Å². The van der Waals surface area contributed by atoms with Crippen LogP contribution in [0.4, 0.5) is 0 Å². The molecule has 0 bridgehead atoms. The molecule has 1 heterocycles. The number of aliphatic imine (C=N–C) groups is 1. The highest BCUT2D eigenvalue weighted by Gasteiger charge is 2.25. The van der Waals surface area contributed by atoms with E-state index in [1.54, 1.807) is 14.2 Å². The third-order valence-corrected chi connectivity index (χ3v) is 5.78. The molecule has 0 saturated carbocycles. The average Bonchev–Trinajstić information content (AvgIpc) is 2.95. The Kier molecular flexibility index (Phi) is 9.09. The second-order valence-corrected chi connectivity index (χ2v) is 9.13. The van der Waals surface area contributed by atoms with E-state index in [-0.39, 0.29) is 4.75 Å². The van der Waals surface area contributed by atoms with Crippen LogP contribution in [0.2, 0.25) is 0 Å². The van der Waals surface area contributed by atoms with E-state index in [0.29, 0.717) is 31.4 Å². The fraction of sp³-hybridized carbons (Fsp3) is 0.938. The fourth-order valence-corrected chi connectivity index (χ4v) is 3.35. The lowest BCUT2D eigenvalue weighted by molar-refractivity contribution is 0.0536. The molecule has 0 radical (unpaired) electrons. The van der Waals surface area contributed by atoms with Crippen molar-refractivity contribution >= 4 is 16.8 Å². The van der Waals surface area contributed by atoms with Gasteiger partial charge in [-0.05, 0) is 27.2 Å². The van der Waals surface area contributed by atoms with Crippen molar-refractivity contribution in [1.82, 2.24) is 10.2 Å². The predicted molar refractivity (Wildman–Crippen MR) is 96.5 cm³/mol. The van der Waals surface area contributed by atoms with E-state index < -0.39 is 10.8 Å². The van der Waals surface area contributed by atoms with Gasteiger partial charge < -0.3 is 19.7 Å². The molecule has 1 aliphatic heterocycles. The summed E-state index contributed by atoms with van der Waals surface area (Å²) in [6.45, 7) is 10.7. The molecule has 1 aliphatic rings. The molecular weight excluding hydrogens is 314 g/mol. The van der Waals surface area contributed by atoms with Gasteiger partial charge in [0.25, 0.3) is 0 Å². The molecule has 7 heteroatoms. The molecule has 0 aromatic rings. The summed E-state index contributed by atoms with van der Waals surface area (Å²) in [5, 5.41) is 3.33. The molecule has 23 heavy (non-hydrogen) atoms. The Hall–Kier alpha value is -0.660. The lowest BCUT2D eigenvalue weighted by Crippen LogP contribution is -2.42. The van der Waals surface area contributed by atoms with Gasteiger partial charge in [0.05, 0.1) is 19.8 Å². The van der Waals surface area contributed by atoms with E-state index >= 15 is 0 Å². The molecular formula is C16H33N3O3S. The van der Waals surface area contributed by atoms with E-state index in [2.05, 4.69) is 15.2 Å². The first kappa shape index (κ1) is 20.4. The van der Waals surface area contributed by atoms with Gasteiger partial charge in [0, 0.05) is 61.0 Å². The average molecular weight is 348 g/mol. The van der Waals surface area contributed by atoms with Gasteiger partial charge >= 0.3 is 0 Å². The fourth-order valence-electron chi connectivity index (χ4n) is 2.45. The minimum Gasteiger partial charge on any atom is -0.382 e. The van der Waals surface area contributed by atoms with Gasteiger partial charge in [0.15, 0.2) is 5.96 Å². The number of ether oxygens (including phenoxy) is 2. The topological polar surface area (TPSA) is 63.2 Å². The van der Waals surface area contributed by atoms with Crippen LogP contribution in [0, 0.1) is 5.92 Å². The summed E-state index contributed by atoms with van der Waals surface area (Å²) < 4.78 is 22.5. The van der Waals surface area contributed by atoms with Crippen molar-refractivity contribution in [3.8, 4) is 0 Å². The molecule has 1 N–H and O–H groups in total. The Balaban J connectivity index is 2.29. The highest BCUT2D eigenvalue weighted by atomic mass is 32.2. The van der Waals surface area contributed by atoms with Crippen molar-refractivity contribution in [1.29, 1.82) is 0 Å². The molecule has 1 fully saturated rings. The van der Waals surface area contributed by atoms with Gasteiger partial charge in [-0.2, -0.15) is 0 Å².